The fourth-order valence-electron chi connectivity index (χ4n) is 1.87. The molecule has 2 N–H and O–H groups in total. The Morgan fingerprint density at radius 3 is 2.71 bits per heavy atom. The molecule has 0 aliphatic heterocycles. The van der Waals surface area contributed by atoms with Gasteiger partial charge in [-0.1, -0.05) is 35.0 Å². The molecule has 1 heterocycles. The van der Waals surface area contributed by atoms with Gasteiger partial charge in [0.15, 0.2) is 0 Å². The molecule has 0 saturated heterocycles. The van der Waals surface area contributed by atoms with E-state index in [0.29, 0.717) is 40.7 Å². The van der Waals surface area contributed by atoms with Gasteiger partial charge in [0, 0.05) is 18.7 Å². The summed E-state index contributed by atoms with van der Waals surface area (Å²) in [7, 11) is 1.83. The smallest absolute Gasteiger partial charge is 0.257 e. The van der Waals surface area contributed by atoms with Gasteiger partial charge in [-0.15, -0.1) is 12.4 Å². The Morgan fingerprint density at radius 1 is 1.33 bits per heavy atom. The van der Waals surface area contributed by atoms with E-state index in [2.05, 4.69) is 15.8 Å². The number of likely N-dealkylation sites (N-methyl/N-ethyl adjacent to an activating group) is 1. The van der Waals surface area contributed by atoms with Crippen LogP contribution in [0.5, 0.6) is 0 Å². The van der Waals surface area contributed by atoms with Crippen molar-refractivity contribution >= 4 is 29.9 Å². The Hall–Kier alpha value is -1.56. The summed E-state index contributed by atoms with van der Waals surface area (Å²) in [5.41, 5.74) is 1.58. The third-order valence-corrected chi connectivity index (χ3v) is 3.21. The number of amides is 1. The van der Waals surface area contributed by atoms with E-state index in [-0.39, 0.29) is 18.3 Å². The molecule has 0 spiro atoms. The maximum atomic E-state index is 12.2. The summed E-state index contributed by atoms with van der Waals surface area (Å²) < 4.78 is 5.15. The van der Waals surface area contributed by atoms with Crippen LogP contribution >= 0.6 is 24.0 Å². The van der Waals surface area contributed by atoms with Crippen molar-refractivity contribution in [3.05, 3.63) is 40.6 Å². The summed E-state index contributed by atoms with van der Waals surface area (Å²) in [4.78, 5) is 12.2. The van der Waals surface area contributed by atoms with Crippen LogP contribution in [0.15, 0.2) is 28.8 Å². The standard InChI is InChI=1S/C14H16ClN3O2.ClH/c1-9-12(14(19)17-8-7-16-2)13(18-20-9)10-5-3-4-6-11(10)15;/h3-6,16H,7-8H2,1-2H3,(H,17,19);1H. The molecular weight excluding hydrogens is 313 g/mol. The van der Waals surface area contributed by atoms with Gasteiger partial charge in [0.2, 0.25) is 0 Å². The van der Waals surface area contributed by atoms with Gasteiger partial charge >= 0.3 is 0 Å². The fourth-order valence-corrected chi connectivity index (χ4v) is 2.09. The summed E-state index contributed by atoms with van der Waals surface area (Å²) in [5, 5.41) is 10.3. The SMILES string of the molecule is CNCCNC(=O)c1c(-c2ccccc2Cl)noc1C.Cl. The summed E-state index contributed by atoms with van der Waals surface area (Å²) in [5.74, 6) is 0.260. The van der Waals surface area contributed by atoms with Gasteiger partial charge < -0.3 is 15.2 Å². The highest BCUT2D eigenvalue weighted by atomic mass is 35.5. The molecule has 2 aromatic rings. The van der Waals surface area contributed by atoms with Crippen LogP contribution in [0.25, 0.3) is 11.3 Å². The van der Waals surface area contributed by atoms with Gasteiger partial charge in [-0.2, -0.15) is 0 Å². The zero-order chi connectivity index (χ0) is 14.5. The number of hydrogen-bond donors (Lipinski definition) is 2. The first-order valence-electron chi connectivity index (χ1n) is 6.29. The number of halogens is 2. The van der Waals surface area contributed by atoms with Crippen LogP contribution in [0, 0.1) is 6.92 Å². The molecule has 1 amide bonds. The first-order chi connectivity index (χ1) is 9.65. The lowest BCUT2D eigenvalue weighted by atomic mass is 10.1. The Balaban J connectivity index is 0.00000220. The quantitative estimate of drug-likeness (QED) is 0.827. The Morgan fingerprint density at radius 2 is 2.05 bits per heavy atom. The molecule has 0 saturated carbocycles. The minimum Gasteiger partial charge on any atom is -0.360 e. The zero-order valence-electron chi connectivity index (χ0n) is 11.8. The molecule has 0 aliphatic rings. The lowest BCUT2D eigenvalue weighted by molar-refractivity contribution is 0.0953. The first kappa shape index (κ1) is 17.5. The molecule has 114 valence electrons. The average molecular weight is 330 g/mol. The molecule has 7 heteroatoms. The van der Waals surface area contributed by atoms with E-state index in [9.17, 15) is 4.79 Å². The summed E-state index contributed by atoms with van der Waals surface area (Å²) in [6, 6.07) is 7.23. The number of hydrogen-bond acceptors (Lipinski definition) is 4. The normalized spacial score (nSPS) is 10.0. The predicted octanol–water partition coefficient (Wildman–Crippen LogP) is 2.67. The molecular formula is C14H17Cl2N3O2. The summed E-state index contributed by atoms with van der Waals surface area (Å²) in [6.07, 6.45) is 0. The van der Waals surface area contributed by atoms with Crippen LogP contribution in [-0.2, 0) is 0 Å². The fraction of sp³-hybridized carbons (Fsp3) is 0.286. The minimum absolute atomic E-state index is 0. The van der Waals surface area contributed by atoms with E-state index in [1.54, 1.807) is 13.0 Å². The number of aryl methyl sites for hydroxylation is 1. The highest BCUT2D eigenvalue weighted by molar-refractivity contribution is 6.33. The monoisotopic (exact) mass is 329 g/mol. The van der Waals surface area contributed by atoms with E-state index in [1.165, 1.54) is 0 Å². The highest BCUT2D eigenvalue weighted by Crippen LogP contribution is 2.30. The van der Waals surface area contributed by atoms with Crippen molar-refractivity contribution in [2.75, 3.05) is 20.1 Å². The number of carbonyl (C=O) groups excluding carboxylic acids is 1. The molecule has 21 heavy (non-hydrogen) atoms. The van der Waals surface area contributed by atoms with Crippen LogP contribution in [0.2, 0.25) is 5.02 Å². The van der Waals surface area contributed by atoms with Crippen LogP contribution in [-0.4, -0.2) is 31.2 Å². The van der Waals surface area contributed by atoms with Crippen LogP contribution in [0.4, 0.5) is 0 Å². The highest BCUT2D eigenvalue weighted by Gasteiger charge is 2.22. The molecule has 1 aromatic heterocycles. The van der Waals surface area contributed by atoms with Gasteiger partial charge in [-0.25, -0.2) is 0 Å². The summed E-state index contributed by atoms with van der Waals surface area (Å²) in [6.45, 7) is 2.93. The van der Waals surface area contributed by atoms with Gasteiger partial charge in [0.25, 0.3) is 5.91 Å². The topological polar surface area (TPSA) is 67.2 Å². The van der Waals surface area contributed by atoms with Crippen molar-refractivity contribution in [3.63, 3.8) is 0 Å². The lowest BCUT2D eigenvalue weighted by Crippen LogP contribution is -2.30. The van der Waals surface area contributed by atoms with Crippen molar-refractivity contribution in [1.29, 1.82) is 0 Å². The first-order valence-corrected chi connectivity index (χ1v) is 6.67. The minimum atomic E-state index is -0.214. The van der Waals surface area contributed by atoms with Crippen molar-refractivity contribution in [1.82, 2.24) is 15.8 Å². The second kappa shape index (κ2) is 8.02. The third-order valence-electron chi connectivity index (χ3n) is 2.88. The van der Waals surface area contributed by atoms with Gasteiger partial charge in [-0.05, 0) is 20.0 Å². The summed E-state index contributed by atoms with van der Waals surface area (Å²) >= 11 is 6.15. The van der Waals surface area contributed by atoms with Crippen molar-refractivity contribution in [2.45, 2.75) is 6.92 Å². The molecule has 1 aromatic carbocycles. The second-order valence-electron chi connectivity index (χ2n) is 4.30. The molecule has 0 fully saturated rings. The molecule has 0 atom stereocenters. The van der Waals surface area contributed by atoms with E-state index >= 15 is 0 Å². The number of nitrogens with zero attached hydrogens (tertiary/aromatic N) is 1. The van der Waals surface area contributed by atoms with Crippen LogP contribution in [0.1, 0.15) is 16.1 Å². The number of aromatic nitrogens is 1. The number of nitrogens with one attached hydrogen (secondary N) is 2. The third kappa shape index (κ3) is 3.97. The lowest BCUT2D eigenvalue weighted by Gasteiger charge is -2.06. The molecule has 0 aliphatic carbocycles. The number of benzene rings is 1. The molecule has 5 nitrogen and oxygen atoms in total. The van der Waals surface area contributed by atoms with Crippen LogP contribution < -0.4 is 10.6 Å². The molecule has 0 bridgehead atoms. The van der Waals surface area contributed by atoms with E-state index < -0.39 is 0 Å². The largest absolute Gasteiger partial charge is 0.360 e. The Bertz CT molecular complexity index is 614. The van der Waals surface area contributed by atoms with E-state index in [1.807, 2.05) is 25.2 Å². The zero-order valence-corrected chi connectivity index (χ0v) is 13.3. The second-order valence-corrected chi connectivity index (χ2v) is 4.71. The van der Waals surface area contributed by atoms with Gasteiger partial charge in [0.05, 0.1) is 5.02 Å². The molecule has 0 unspecified atom stereocenters. The van der Waals surface area contributed by atoms with Crippen molar-refractivity contribution < 1.29 is 9.32 Å². The van der Waals surface area contributed by atoms with Crippen molar-refractivity contribution in [3.8, 4) is 11.3 Å². The maximum absolute atomic E-state index is 12.2. The van der Waals surface area contributed by atoms with Crippen molar-refractivity contribution in [2.24, 2.45) is 0 Å². The molecule has 0 radical (unpaired) electrons. The number of rotatable bonds is 5. The Labute approximate surface area is 134 Å². The maximum Gasteiger partial charge on any atom is 0.257 e. The predicted molar refractivity (Wildman–Crippen MR) is 85.2 cm³/mol. The van der Waals surface area contributed by atoms with E-state index in [4.69, 9.17) is 16.1 Å². The Kier molecular flexibility index (Phi) is 6.68. The average Bonchev–Trinajstić information content (AvgIpc) is 2.81. The van der Waals surface area contributed by atoms with E-state index in [0.717, 1.165) is 0 Å². The molecule has 2 rings (SSSR count). The van der Waals surface area contributed by atoms with Crippen LogP contribution in [0.3, 0.4) is 0 Å². The van der Waals surface area contributed by atoms with Gasteiger partial charge in [-0.3, -0.25) is 4.79 Å². The van der Waals surface area contributed by atoms with Gasteiger partial charge in [0.1, 0.15) is 17.0 Å². The number of carbonyl (C=O) groups is 1.